The molecule has 5 aromatic rings. The summed E-state index contributed by atoms with van der Waals surface area (Å²) in [6.45, 7) is 1.51. The normalized spacial score (nSPS) is 23.6. The minimum atomic E-state index is -1.78. The number of nitrogens with one attached hydrogen (secondary N) is 1. The number of methoxy groups -OCH3 is 1. The third kappa shape index (κ3) is 4.27. The number of ether oxygens (including phenoxy) is 3. The highest BCUT2D eigenvalue weighted by atomic mass is 35.6. The van der Waals surface area contributed by atoms with Crippen molar-refractivity contribution in [2.24, 2.45) is 0 Å². The maximum absolute atomic E-state index is 13.7. The molecule has 1 unspecified atom stereocenters. The fourth-order valence-electron chi connectivity index (χ4n) is 8.17. The highest BCUT2D eigenvalue weighted by molar-refractivity contribution is 6.67. The Morgan fingerprint density at radius 2 is 1.74 bits per heavy atom. The number of carbonyl (C=O) groups is 2. The van der Waals surface area contributed by atoms with Gasteiger partial charge in [-0.2, -0.15) is 0 Å². The van der Waals surface area contributed by atoms with E-state index in [1.807, 2.05) is 43.3 Å². The summed E-state index contributed by atoms with van der Waals surface area (Å²) in [4.78, 5) is 28.6. The van der Waals surface area contributed by atoms with Gasteiger partial charge < -0.3 is 43.8 Å². The van der Waals surface area contributed by atoms with Gasteiger partial charge in [-0.3, -0.25) is 4.79 Å². The Morgan fingerprint density at radius 1 is 1.09 bits per heavy atom. The molecule has 11 nitrogen and oxygen atoms in total. The monoisotopic (exact) mass is 700 g/mol. The molecule has 3 N–H and O–H groups in total. The summed E-state index contributed by atoms with van der Waals surface area (Å²) in [5, 5.41) is 26.6. The van der Waals surface area contributed by atoms with Crippen molar-refractivity contribution < 1.29 is 34.0 Å². The number of aliphatic hydroxyl groups is 2. The van der Waals surface area contributed by atoms with Crippen LogP contribution in [0.15, 0.2) is 36.4 Å². The van der Waals surface area contributed by atoms with Gasteiger partial charge >= 0.3 is 6.09 Å². The second-order valence-corrected chi connectivity index (χ2v) is 15.1. The molecule has 0 saturated carbocycles. The number of rotatable bonds is 5. The third-order valence-corrected chi connectivity index (χ3v) is 10.3. The lowest BCUT2D eigenvalue weighted by Gasteiger charge is -2.50. The molecule has 0 radical (unpaired) electrons. The summed E-state index contributed by atoms with van der Waals surface area (Å²) in [5.74, 6) is -0.182. The summed E-state index contributed by atoms with van der Waals surface area (Å²) >= 11 is 17.7. The minimum absolute atomic E-state index is 0.159. The van der Waals surface area contributed by atoms with E-state index in [1.54, 1.807) is 14.2 Å². The summed E-state index contributed by atoms with van der Waals surface area (Å²) < 4.78 is 21.2. The number of carbonyl (C=O) groups excluding carboxylic acids is 2. The third-order valence-electron chi connectivity index (χ3n) is 10.0. The van der Waals surface area contributed by atoms with Crippen LogP contribution in [0, 0.1) is 0 Å². The maximum atomic E-state index is 13.7. The van der Waals surface area contributed by atoms with Crippen LogP contribution in [0.1, 0.15) is 46.6 Å². The van der Waals surface area contributed by atoms with Crippen LogP contribution >= 0.6 is 34.8 Å². The van der Waals surface area contributed by atoms with Gasteiger partial charge in [0.2, 0.25) is 3.79 Å². The second-order valence-electron chi connectivity index (χ2n) is 12.6. The lowest BCUT2D eigenvalue weighted by atomic mass is 9.92. The summed E-state index contributed by atoms with van der Waals surface area (Å²) in [6, 6.07) is 10.9. The predicted octanol–water partition coefficient (Wildman–Crippen LogP) is 5.56. The number of aliphatic hydroxyl groups excluding tert-OH is 2. The molecular formula is C33H31Cl3N4O7. The van der Waals surface area contributed by atoms with Gasteiger partial charge in [0.1, 0.15) is 18.9 Å². The van der Waals surface area contributed by atoms with Crippen molar-refractivity contribution in [1.29, 1.82) is 0 Å². The molecule has 3 aromatic carbocycles. The number of aromatic nitrogens is 2. The van der Waals surface area contributed by atoms with Crippen molar-refractivity contribution >= 4 is 90.4 Å². The fourth-order valence-corrected chi connectivity index (χ4v) is 8.33. The first kappa shape index (κ1) is 31.0. The molecule has 2 amide bonds. The SMILES string of the molecule is CO[C@@H]1[C@H](N(C)C(=O)OCC(Cl)(Cl)Cl)CC2O[C@]1(C)n1c3ccc(CO)cc3c3c4c(c5c6cc(CO)ccc6n2c5c31)C(=O)NC4. The topological polar surface area (TPSA) is 127 Å². The number of benzene rings is 3. The highest BCUT2D eigenvalue weighted by Gasteiger charge is 2.55. The van der Waals surface area contributed by atoms with Gasteiger partial charge in [0.05, 0.1) is 46.9 Å². The quantitative estimate of drug-likeness (QED) is 0.205. The van der Waals surface area contributed by atoms with E-state index in [4.69, 9.17) is 49.0 Å². The van der Waals surface area contributed by atoms with Gasteiger partial charge in [-0.1, -0.05) is 46.9 Å². The highest BCUT2D eigenvalue weighted by Crippen LogP contribution is 2.54. The lowest BCUT2D eigenvalue weighted by molar-refractivity contribution is -0.265. The fraction of sp³-hybridized carbons (Fsp3) is 0.394. The van der Waals surface area contributed by atoms with Crippen molar-refractivity contribution in [1.82, 2.24) is 19.4 Å². The zero-order valence-corrected chi connectivity index (χ0v) is 27.9. The largest absolute Gasteiger partial charge is 0.445 e. The number of fused-ring (bicyclic) bond motifs is 13. The summed E-state index contributed by atoms with van der Waals surface area (Å²) in [5.41, 5.74) is 4.92. The lowest BCUT2D eigenvalue weighted by Crippen LogP contribution is -2.61. The van der Waals surface area contributed by atoms with E-state index >= 15 is 0 Å². The molecule has 47 heavy (non-hydrogen) atoms. The van der Waals surface area contributed by atoms with E-state index < -0.39 is 40.6 Å². The zero-order valence-electron chi connectivity index (χ0n) is 25.6. The Kier molecular flexibility index (Phi) is 7.00. The van der Waals surface area contributed by atoms with Gasteiger partial charge in [0, 0.05) is 48.7 Å². The standard InChI is InChI=1S/C33H31Cl3N4O7/c1-32-29(45-3)22(38(2)31(44)46-14-33(34,35)36)10-23(47-32)39-20-6-4-15(12-41)8-17(20)25-26-19(11-37-30(26)43)24-18-9-16(13-42)5-7-21(18)40(32)28(24)27(25)39/h4-9,22-23,29,41-42H,10-14H2,1-3H3,(H,37,43)/t22-,23?,29-,32+/m1/s1. The van der Waals surface area contributed by atoms with E-state index in [0.717, 1.165) is 54.7 Å². The Labute approximate surface area is 283 Å². The number of hydrogen-bond donors (Lipinski definition) is 3. The molecule has 0 spiro atoms. The molecule has 2 aromatic heterocycles. The average molecular weight is 702 g/mol. The van der Waals surface area contributed by atoms with E-state index in [0.29, 0.717) is 24.1 Å². The number of amides is 2. The molecule has 1 fully saturated rings. The average Bonchev–Trinajstić information content (AvgIpc) is 3.69. The van der Waals surface area contributed by atoms with Gasteiger partial charge in [-0.15, -0.1) is 0 Å². The smallest absolute Gasteiger partial charge is 0.409 e. The van der Waals surface area contributed by atoms with Gasteiger partial charge in [0.25, 0.3) is 5.91 Å². The van der Waals surface area contributed by atoms with Crippen LogP contribution in [0.3, 0.4) is 0 Å². The van der Waals surface area contributed by atoms with Crippen LogP contribution in [0.4, 0.5) is 4.79 Å². The van der Waals surface area contributed by atoms with Crippen molar-refractivity contribution in [2.75, 3.05) is 20.8 Å². The van der Waals surface area contributed by atoms with Crippen molar-refractivity contribution in [3.8, 4) is 0 Å². The maximum Gasteiger partial charge on any atom is 0.409 e. The van der Waals surface area contributed by atoms with Crippen molar-refractivity contribution in [3.05, 3.63) is 58.7 Å². The molecule has 0 aliphatic carbocycles. The van der Waals surface area contributed by atoms with E-state index in [-0.39, 0.29) is 19.1 Å². The zero-order chi connectivity index (χ0) is 33.2. The molecule has 246 valence electrons. The molecule has 14 heteroatoms. The van der Waals surface area contributed by atoms with Crippen molar-refractivity contribution in [2.45, 2.75) is 61.0 Å². The first-order valence-corrected chi connectivity index (χ1v) is 16.3. The predicted molar refractivity (Wildman–Crippen MR) is 178 cm³/mol. The van der Waals surface area contributed by atoms with Crippen LogP contribution in [0.5, 0.6) is 0 Å². The van der Waals surface area contributed by atoms with E-state index in [9.17, 15) is 19.8 Å². The van der Waals surface area contributed by atoms with Crippen LogP contribution in [-0.2, 0) is 39.7 Å². The first-order valence-electron chi connectivity index (χ1n) is 15.2. The minimum Gasteiger partial charge on any atom is -0.445 e. The van der Waals surface area contributed by atoms with Crippen LogP contribution in [0.25, 0.3) is 43.6 Å². The Balaban J connectivity index is 1.50. The van der Waals surface area contributed by atoms with Crippen LogP contribution in [-0.4, -0.2) is 73.0 Å². The molecule has 8 rings (SSSR count). The van der Waals surface area contributed by atoms with Gasteiger partial charge in [-0.25, -0.2) is 4.79 Å². The Bertz CT molecular complexity index is 2170. The van der Waals surface area contributed by atoms with Crippen molar-refractivity contribution in [3.63, 3.8) is 0 Å². The summed E-state index contributed by atoms with van der Waals surface area (Å²) in [7, 11) is 3.20. The Hall–Kier alpha value is -3.29. The molecule has 5 heterocycles. The molecule has 3 aliphatic rings. The van der Waals surface area contributed by atoms with Crippen LogP contribution in [0.2, 0.25) is 0 Å². The Morgan fingerprint density at radius 3 is 2.38 bits per heavy atom. The molecule has 3 aliphatic heterocycles. The molecular weight excluding hydrogens is 671 g/mol. The van der Waals surface area contributed by atoms with E-state index in [2.05, 4.69) is 14.5 Å². The van der Waals surface area contributed by atoms with Gasteiger partial charge in [-0.05, 0) is 47.9 Å². The van der Waals surface area contributed by atoms with Crippen LogP contribution < -0.4 is 5.32 Å². The number of alkyl halides is 3. The first-order chi connectivity index (χ1) is 22.4. The van der Waals surface area contributed by atoms with E-state index in [1.165, 1.54) is 4.90 Å². The number of halogens is 3. The molecule has 1 saturated heterocycles. The number of nitrogens with zero attached hydrogens (tertiary/aromatic N) is 3. The molecule has 4 atom stereocenters. The second kappa shape index (κ2) is 10.6. The number of hydrogen-bond acceptors (Lipinski definition) is 7. The summed E-state index contributed by atoms with van der Waals surface area (Å²) in [6.07, 6.45) is -1.72. The molecule has 2 bridgehead atoms. The van der Waals surface area contributed by atoms with Gasteiger partial charge in [0.15, 0.2) is 5.72 Å². The number of likely N-dealkylation sites (N-methyl/N-ethyl adjacent to an activating group) is 1.